The summed E-state index contributed by atoms with van der Waals surface area (Å²) in [4.78, 5) is 50.9. The van der Waals surface area contributed by atoms with Gasteiger partial charge in [-0.1, -0.05) is 36.4 Å². The summed E-state index contributed by atoms with van der Waals surface area (Å²) < 4.78 is 11.6. The highest BCUT2D eigenvalue weighted by Crippen LogP contribution is 2.34. The standard InChI is InChI=1S/C26H24N4O6S2/c1-3-35-25(33)20-16(2)21(22(32)27-17-10-6-4-7-11-17)38-23(20)28-19(31)14-15-37-24-26(34)36-29-30(24)18-12-8-5-9-13-18/h4-13H,3,14-15H2,1-2H3,(H2-,27,28,29,31,32,33,34)/p+1. The summed E-state index contributed by atoms with van der Waals surface area (Å²) in [5, 5.41) is 8.62. The van der Waals surface area contributed by atoms with Crippen molar-refractivity contribution in [2.24, 2.45) is 0 Å². The van der Waals surface area contributed by atoms with Gasteiger partial charge in [0.15, 0.2) is 0 Å². The second-order valence-electron chi connectivity index (χ2n) is 7.90. The molecule has 0 aliphatic heterocycles. The molecule has 2 amide bonds. The number of hydrogen-bond acceptors (Lipinski definition) is 8. The zero-order valence-corrected chi connectivity index (χ0v) is 22.2. The normalized spacial score (nSPS) is 10.7. The van der Waals surface area contributed by atoms with Gasteiger partial charge in [0.25, 0.3) is 5.91 Å². The molecule has 0 aliphatic carbocycles. The van der Waals surface area contributed by atoms with Gasteiger partial charge in [-0.15, -0.1) is 11.3 Å². The highest BCUT2D eigenvalue weighted by Gasteiger charge is 2.27. The Hall–Kier alpha value is -4.16. The number of H-pyrrole nitrogens is 1. The number of carbonyl (C=O) groups excluding carboxylic acids is 3. The summed E-state index contributed by atoms with van der Waals surface area (Å²) in [7, 11) is 0. The van der Waals surface area contributed by atoms with Crippen molar-refractivity contribution < 1.29 is 28.3 Å². The minimum atomic E-state index is -0.626. The molecule has 0 spiro atoms. The van der Waals surface area contributed by atoms with E-state index in [1.165, 1.54) is 4.68 Å². The molecule has 2 aromatic carbocycles. The van der Waals surface area contributed by atoms with Crippen LogP contribution in [0.3, 0.4) is 0 Å². The van der Waals surface area contributed by atoms with Crippen LogP contribution in [0.5, 0.6) is 0 Å². The maximum Gasteiger partial charge on any atom is 0.442 e. The third-order valence-corrected chi connectivity index (χ3v) is 7.54. The van der Waals surface area contributed by atoms with E-state index < -0.39 is 17.5 Å². The van der Waals surface area contributed by atoms with E-state index in [-0.39, 0.29) is 40.1 Å². The van der Waals surface area contributed by atoms with Crippen molar-refractivity contribution in [1.29, 1.82) is 0 Å². The molecule has 3 N–H and O–H groups in total. The lowest BCUT2D eigenvalue weighted by atomic mass is 10.1. The van der Waals surface area contributed by atoms with E-state index in [2.05, 4.69) is 15.9 Å². The van der Waals surface area contributed by atoms with E-state index in [1.54, 1.807) is 38.1 Å². The number of ether oxygens (including phenoxy) is 1. The quantitative estimate of drug-likeness (QED) is 0.152. The van der Waals surface area contributed by atoms with Crippen molar-refractivity contribution in [2.75, 3.05) is 23.0 Å². The first-order chi connectivity index (χ1) is 18.4. The molecule has 4 aromatic rings. The second-order valence-corrected chi connectivity index (χ2v) is 10.0. The molecule has 10 nitrogen and oxygen atoms in total. The van der Waals surface area contributed by atoms with Crippen molar-refractivity contribution in [1.82, 2.24) is 5.27 Å². The van der Waals surface area contributed by atoms with Crippen molar-refractivity contribution >= 4 is 51.6 Å². The fourth-order valence-electron chi connectivity index (χ4n) is 3.54. The maximum absolute atomic E-state index is 12.9. The molecule has 0 saturated heterocycles. The molecule has 0 bridgehead atoms. The van der Waals surface area contributed by atoms with Crippen molar-refractivity contribution in [3.63, 3.8) is 0 Å². The highest BCUT2D eigenvalue weighted by atomic mass is 32.2. The van der Waals surface area contributed by atoms with E-state index in [4.69, 9.17) is 9.26 Å². The van der Waals surface area contributed by atoms with Crippen molar-refractivity contribution in [3.05, 3.63) is 87.1 Å². The molecule has 2 aromatic heterocycles. The van der Waals surface area contributed by atoms with Gasteiger partial charge < -0.3 is 15.4 Å². The number of hydrogen-bond donors (Lipinski definition) is 3. The van der Waals surface area contributed by atoms with E-state index in [0.29, 0.717) is 22.0 Å². The Balaban J connectivity index is 1.47. The van der Waals surface area contributed by atoms with Crippen LogP contribution in [0.15, 0.2) is 75.0 Å². The molecular weight excluding hydrogens is 528 g/mol. The Bertz CT molecular complexity index is 1500. The smallest absolute Gasteiger partial charge is 0.442 e. The van der Waals surface area contributed by atoms with Gasteiger partial charge in [0.05, 0.1) is 17.0 Å². The van der Waals surface area contributed by atoms with Crippen LogP contribution in [0, 0.1) is 6.92 Å². The second kappa shape index (κ2) is 12.4. The molecule has 12 heteroatoms. The molecular formula is C26H25N4O6S2+. The molecule has 0 saturated carbocycles. The van der Waals surface area contributed by atoms with Crippen LogP contribution < -0.4 is 20.9 Å². The third kappa shape index (κ3) is 6.21. The molecule has 0 fully saturated rings. The van der Waals surface area contributed by atoms with Gasteiger partial charge in [-0.3, -0.25) is 14.1 Å². The van der Waals surface area contributed by atoms with Crippen molar-refractivity contribution in [2.45, 2.75) is 25.3 Å². The summed E-state index contributed by atoms with van der Waals surface area (Å²) in [6.07, 6.45) is 0.0365. The topological polar surface area (TPSA) is 134 Å². The van der Waals surface area contributed by atoms with Crippen LogP contribution in [-0.2, 0) is 9.53 Å². The number of esters is 1. The molecule has 0 aliphatic rings. The lowest BCUT2D eigenvalue weighted by molar-refractivity contribution is -0.704. The number of para-hydroxylation sites is 2. The van der Waals surface area contributed by atoms with Crippen LogP contribution in [0.4, 0.5) is 10.7 Å². The Morgan fingerprint density at radius 2 is 1.74 bits per heavy atom. The first-order valence-electron chi connectivity index (χ1n) is 11.7. The summed E-state index contributed by atoms with van der Waals surface area (Å²) in [6, 6.07) is 18.1. The summed E-state index contributed by atoms with van der Waals surface area (Å²) >= 11 is 2.16. The molecule has 0 unspecified atom stereocenters. The number of thiophene rings is 1. The fraction of sp³-hybridized carbons (Fsp3) is 0.192. The fourth-order valence-corrected chi connectivity index (χ4v) is 5.56. The number of nitrogens with one attached hydrogen (secondary N) is 3. The Kier molecular flexibility index (Phi) is 8.77. The van der Waals surface area contributed by atoms with Gasteiger partial charge in [-0.05, 0) is 53.3 Å². The third-order valence-electron chi connectivity index (χ3n) is 5.31. The average Bonchev–Trinajstić information content (AvgIpc) is 3.44. The predicted octanol–water partition coefficient (Wildman–Crippen LogP) is 4.16. The zero-order chi connectivity index (χ0) is 27.1. The predicted molar refractivity (Wildman–Crippen MR) is 144 cm³/mol. The molecule has 196 valence electrons. The lowest BCUT2D eigenvalue weighted by Crippen LogP contribution is -2.36. The number of aromatic amines is 1. The van der Waals surface area contributed by atoms with Gasteiger partial charge in [-0.2, -0.15) is 0 Å². The van der Waals surface area contributed by atoms with Gasteiger partial charge >= 0.3 is 16.6 Å². The minimum Gasteiger partial charge on any atom is -0.462 e. The first kappa shape index (κ1) is 26.9. The Morgan fingerprint density at radius 3 is 2.42 bits per heavy atom. The summed E-state index contributed by atoms with van der Waals surface area (Å²) in [6.45, 7) is 3.46. The van der Waals surface area contributed by atoms with Gasteiger partial charge in [0, 0.05) is 30.0 Å². The molecule has 0 atom stereocenters. The summed E-state index contributed by atoms with van der Waals surface area (Å²) in [5.41, 5.74) is 1.32. The minimum absolute atomic E-state index is 0.0365. The van der Waals surface area contributed by atoms with Gasteiger partial charge in [0.2, 0.25) is 11.6 Å². The van der Waals surface area contributed by atoms with Crippen LogP contribution in [-0.4, -0.2) is 35.4 Å². The number of aromatic nitrogens is 2. The average molecular weight is 554 g/mol. The Labute approximate surface area is 226 Å². The number of anilines is 2. The van der Waals surface area contributed by atoms with Crippen LogP contribution in [0.25, 0.3) is 5.69 Å². The van der Waals surface area contributed by atoms with Crippen LogP contribution in [0.2, 0.25) is 0 Å². The van der Waals surface area contributed by atoms with Gasteiger partial charge in [-0.25, -0.2) is 9.59 Å². The highest BCUT2D eigenvalue weighted by molar-refractivity contribution is 7.99. The number of amides is 2. The van der Waals surface area contributed by atoms with E-state index >= 15 is 0 Å². The number of nitrogens with zero attached hydrogens (tertiary/aromatic N) is 1. The van der Waals surface area contributed by atoms with Crippen LogP contribution in [0.1, 0.15) is 38.9 Å². The maximum atomic E-state index is 12.9. The van der Waals surface area contributed by atoms with Crippen molar-refractivity contribution in [3.8, 4) is 5.69 Å². The number of benzene rings is 2. The zero-order valence-electron chi connectivity index (χ0n) is 20.6. The molecule has 38 heavy (non-hydrogen) atoms. The SMILES string of the molecule is CCOC(=O)c1c(NC(=O)CCSc2c(=O)o[nH][n+]2-c2ccccc2)sc(C(=O)Nc2ccccc2)c1C. The number of rotatable bonds is 10. The van der Waals surface area contributed by atoms with E-state index in [0.717, 1.165) is 23.1 Å². The largest absolute Gasteiger partial charge is 0.462 e. The molecule has 0 radical (unpaired) electrons. The van der Waals surface area contributed by atoms with E-state index in [1.807, 2.05) is 36.4 Å². The number of carbonyl (C=O) groups is 3. The molecule has 4 rings (SSSR count). The van der Waals surface area contributed by atoms with Gasteiger partial charge in [0.1, 0.15) is 5.00 Å². The van der Waals surface area contributed by atoms with E-state index in [9.17, 15) is 19.2 Å². The summed E-state index contributed by atoms with van der Waals surface area (Å²) in [5.74, 6) is -1.14. The molecule has 2 heterocycles. The lowest BCUT2D eigenvalue weighted by Gasteiger charge is -2.07. The van der Waals surface area contributed by atoms with Crippen LogP contribution >= 0.6 is 23.1 Å². The Morgan fingerprint density at radius 1 is 1.05 bits per heavy atom. The first-order valence-corrected chi connectivity index (χ1v) is 13.5. The monoisotopic (exact) mass is 553 g/mol. The number of thioether (sulfide) groups is 1.